The Balaban J connectivity index is 1.38. The molecule has 33 heavy (non-hydrogen) atoms. The van der Waals surface area contributed by atoms with Gasteiger partial charge in [0.15, 0.2) is 5.16 Å². The van der Waals surface area contributed by atoms with Gasteiger partial charge >= 0.3 is 0 Å². The Morgan fingerprint density at radius 2 is 1.88 bits per heavy atom. The van der Waals surface area contributed by atoms with Gasteiger partial charge in [0.25, 0.3) is 5.69 Å². The van der Waals surface area contributed by atoms with E-state index in [4.69, 9.17) is 11.6 Å². The third-order valence-corrected chi connectivity index (χ3v) is 7.13. The van der Waals surface area contributed by atoms with E-state index >= 15 is 0 Å². The molecule has 2 aliphatic rings. The van der Waals surface area contributed by atoms with Crippen molar-refractivity contribution in [1.29, 1.82) is 0 Å². The molecule has 0 aliphatic carbocycles. The van der Waals surface area contributed by atoms with Gasteiger partial charge in [0, 0.05) is 37.5 Å². The quantitative estimate of drug-likeness (QED) is 0.295. The van der Waals surface area contributed by atoms with Gasteiger partial charge in [0.05, 0.1) is 21.4 Å². The minimum Gasteiger partial charge on any atom is -0.341 e. The van der Waals surface area contributed by atoms with Gasteiger partial charge in [-0.05, 0) is 43.0 Å². The number of anilines is 2. The van der Waals surface area contributed by atoms with Crippen LogP contribution in [0.25, 0.3) is 5.69 Å². The van der Waals surface area contributed by atoms with E-state index in [9.17, 15) is 14.9 Å². The molecule has 0 unspecified atom stereocenters. The molecular formula is C22H21ClN6O3S. The summed E-state index contributed by atoms with van der Waals surface area (Å²) in [6.45, 7) is 2.32. The number of fused-ring (bicyclic) bond motifs is 1. The first-order chi connectivity index (χ1) is 16.0. The van der Waals surface area contributed by atoms with Gasteiger partial charge in [0.1, 0.15) is 0 Å². The van der Waals surface area contributed by atoms with Crippen molar-refractivity contribution < 1.29 is 9.72 Å². The van der Waals surface area contributed by atoms with Crippen molar-refractivity contribution in [2.45, 2.75) is 24.4 Å². The fourth-order valence-electron chi connectivity index (χ4n) is 4.29. The second kappa shape index (κ2) is 9.03. The van der Waals surface area contributed by atoms with Crippen LogP contribution in [0.2, 0.25) is 5.02 Å². The Labute approximate surface area is 199 Å². The second-order valence-corrected chi connectivity index (χ2v) is 9.27. The first kappa shape index (κ1) is 21.7. The summed E-state index contributed by atoms with van der Waals surface area (Å²) in [5, 5.41) is 21.0. The fraction of sp³-hybridized carbons (Fsp3) is 0.318. The number of thioether (sulfide) groups is 1. The largest absolute Gasteiger partial charge is 0.341 e. The van der Waals surface area contributed by atoms with Crippen molar-refractivity contribution in [2.24, 2.45) is 0 Å². The molecule has 3 heterocycles. The summed E-state index contributed by atoms with van der Waals surface area (Å²) in [7, 11) is 0. The molecule has 2 aromatic carbocycles. The number of nitro benzene ring substituents is 1. The number of rotatable bonds is 6. The van der Waals surface area contributed by atoms with E-state index in [2.05, 4.69) is 15.1 Å². The number of non-ortho nitro benzene ring substituents is 1. The third-order valence-electron chi connectivity index (χ3n) is 5.89. The maximum Gasteiger partial charge on any atom is 0.269 e. The molecule has 1 amide bonds. The Morgan fingerprint density at radius 3 is 2.64 bits per heavy atom. The Morgan fingerprint density at radius 1 is 1.09 bits per heavy atom. The van der Waals surface area contributed by atoms with Gasteiger partial charge in [-0.2, -0.15) is 0 Å². The molecular weight excluding hydrogens is 464 g/mol. The number of carbonyl (C=O) groups is 1. The lowest BCUT2D eigenvalue weighted by Crippen LogP contribution is -2.30. The summed E-state index contributed by atoms with van der Waals surface area (Å²) in [6, 6.07) is 12.2. The summed E-state index contributed by atoms with van der Waals surface area (Å²) in [4.78, 5) is 27.5. The molecule has 0 saturated carbocycles. The molecule has 5 rings (SSSR count). The van der Waals surface area contributed by atoms with Crippen LogP contribution in [0, 0.1) is 10.1 Å². The van der Waals surface area contributed by atoms with Gasteiger partial charge in [-0.25, -0.2) is 0 Å². The van der Waals surface area contributed by atoms with E-state index in [1.807, 2.05) is 28.8 Å². The molecule has 1 fully saturated rings. The van der Waals surface area contributed by atoms with Gasteiger partial charge in [-0.1, -0.05) is 35.5 Å². The lowest BCUT2D eigenvalue weighted by atomic mass is 10.1. The SMILES string of the molecule is O=C(CSc1nnc(N2CCCC2)n1-c1ccccc1Cl)N1CCc2cc([N+](=O)[O-])ccc21. The monoisotopic (exact) mass is 484 g/mol. The summed E-state index contributed by atoms with van der Waals surface area (Å²) in [6.07, 6.45) is 2.80. The summed E-state index contributed by atoms with van der Waals surface area (Å²) in [5.74, 6) is 0.817. The highest BCUT2D eigenvalue weighted by molar-refractivity contribution is 7.99. The van der Waals surface area contributed by atoms with Crippen LogP contribution in [0.1, 0.15) is 18.4 Å². The predicted octanol–water partition coefficient (Wildman–Crippen LogP) is 4.11. The van der Waals surface area contributed by atoms with Crippen LogP contribution in [-0.4, -0.2) is 51.0 Å². The Hall–Kier alpha value is -3.11. The summed E-state index contributed by atoms with van der Waals surface area (Å²) in [5.41, 5.74) is 2.37. The molecule has 2 aliphatic heterocycles. The number of nitro groups is 1. The smallest absolute Gasteiger partial charge is 0.269 e. The average Bonchev–Trinajstić information content (AvgIpc) is 3.56. The molecule has 1 aromatic heterocycles. The number of halogens is 1. The van der Waals surface area contributed by atoms with Crippen LogP contribution in [-0.2, 0) is 11.2 Å². The lowest BCUT2D eigenvalue weighted by Gasteiger charge is -2.19. The lowest BCUT2D eigenvalue weighted by molar-refractivity contribution is -0.384. The van der Waals surface area contributed by atoms with Crippen molar-refractivity contribution in [3.63, 3.8) is 0 Å². The zero-order chi connectivity index (χ0) is 22.9. The molecule has 3 aromatic rings. The average molecular weight is 485 g/mol. The number of carbonyl (C=O) groups excluding carboxylic acids is 1. The molecule has 0 radical (unpaired) electrons. The van der Waals surface area contributed by atoms with Crippen molar-refractivity contribution in [2.75, 3.05) is 35.2 Å². The van der Waals surface area contributed by atoms with Crippen LogP contribution in [0.4, 0.5) is 17.3 Å². The van der Waals surface area contributed by atoms with Crippen LogP contribution in [0.15, 0.2) is 47.6 Å². The summed E-state index contributed by atoms with van der Waals surface area (Å²) >= 11 is 7.81. The van der Waals surface area contributed by atoms with Gasteiger partial charge in [0.2, 0.25) is 11.9 Å². The maximum absolute atomic E-state index is 13.1. The van der Waals surface area contributed by atoms with Crippen LogP contribution < -0.4 is 9.80 Å². The van der Waals surface area contributed by atoms with E-state index in [0.29, 0.717) is 23.1 Å². The first-order valence-electron chi connectivity index (χ1n) is 10.7. The standard InChI is InChI=1S/C22H21ClN6O3S/c23-17-5-1-2-6-19(17)28-21(26-10-3-4-11-26)24-25-22(28)33-14-20(30)27-12-9-15-13-16(29(31)32)7-8-18(15)27/h1-2,5-8,13H,3-4,9-12,14H2. The zero-order valence-electron chi connectivity index (χ0n) is 17.7. The van der Waals surface area contributed by atoms with E-state index in [0.717, 1.165) is 48.8 Å². The van der Waals surface area contributed by atoms with Gasteiger partial charge in [-0.3, -0.25) is 19.5 Å². The Kier molecular flexibility index (Phi) is 5.94. The van der Waals surface area contributed by atoms with E-state index in [1.165, 1.54) is 17.8 Å². The third kappa shape index (κ3) is 4.16. The number of hydrogen-bond acceptors (Lipinski definition) is 7. The number of para-hydroxylation sites is 1. The number of benzene rings is 2. The first-order valence-corrected chi connectivity index (χ1v) is 12.0. The number of hydrogen-bond donors (Lipinski definition) is 0. The van der Waals surface area contributed by atoms with Crippen LogP contribution in [0.5, 0.6) is 0 Å². The predicted molar refractivity (Wildman–Crippen MR) is 128 cm³/mol. The van der Waals surface area contributed by atoms with Crippen LogP contribution in [0.3, 0.4) is 0 Å². The molecule has 0 spiro atoms. The highest BCUT2D eigenvalue weighted by Crippen LogP contribution is 2.34. The van der Waals surface area contributed by atoms with E-state index in [-0.39, 0.29) is 17.3 Å². The molecule has 11 heteroatoms. The van der Waals surface area contributed by atoms with Gasteiger partial charge < -0.3 is 9.80 Å². The van der Waals surface area contributed by atoms with Crippen molar-refractivity contribution in [3.05, 3.63) is 63.2 Å². The molecule has 0 atom stereocenters. The molecule has 0 N–H and O–H groups in total. The molecule has 9 nitrogen and oxygen atoms in total. The second-order valence-electron chi connectivity index (χ2n) is 7.92. The van der Waals surface area contributed by atoms with E-state index < -0.39 is 4.92 Å². The molecule has 1 saturated heterocycles. The number of aromatic nitrogens is 3. The summed E-state index contributed by atoms with van der Waals surface area (Å²) < 4.78 is 1.92. The molecule has 0 bridgehead atoms. The highest BCUT2D eigenvalue weighted by Gasteiger charge is 2.28. The Bertz CT molecular complexity index is 1230. The topological polar surface area (TPSA) is 97.4 Å². The minimum absolute atomic E-state index is 0.0414. The highest BCUT2D eigenvalue weighted by atomic mass is 35.5. The minimum atomic E-state index is -0.417. The van der Waals surface area contributed by atoms with Crippen molar-refractivity contribution in [3.8, 4) is 5.69 Å². The fourth-order valence-corrected chi connectivity index (χ4v) is 5.32. The number of nitrogens with zero attached hydrogens (tertiary/aromatic N) is 6. The van der Waals surface area contributed by atoms with Crippen LogP contribution >= 0.6 is 23.4 Å². The van der Waals surface area contributed by atoms with E-state index in [1.54, 1.807) is 17.0 Å². The van der Waals surface area contributed by atoms with Crippen molar-refractivity contribution in [1.82, 2.24) is 14.8 Å². The zero-order valence-corrected chi connectivity index (χ0v) is 19.3. The normalized spacial score (nSPS) is 15.2. The van der Waals surface area contributed by atoms with Gasteiger partial charge in [-0.15, -0.1) is 10.2 Å². The van der Waals surface area contributed by atoms with Crippen molar-refractivity contribution >= 4 is 46.6 Å². The maximum atomic E-state index is 13.1. The number of amides is 1. The molecule has 170 valence electrons.